The van der Waals surface area contributed by atoms with Gasteiger partial charge in [0, 0.05) is 10.2 Å². The zero-order chi connectivity index (χ0) is 15.4. The molecule has 0 radical (unpaired) electrons. The molecule has 6 heteroatoms. The first-order valence-corrected chi connectivity index (χ1v) is 9.12. The zero-order valence-corrected chi connectivity index (χ0v) is 14.4. The van der Waals surface area contributed by atoms with Gasteiger partial charge in [-0.25, -0.2) is 0 Å². The molecule has 0 bridgehead atoms. The molecule has 2 N–H and O–H groups in total. The third-order valence-corrected chi connectivity index (χ3v) is 5.54. The fourth-order valence-electron chi connectivity index (χ4n) is 2.17. The second-order valence-corrected chi connectivity index (χ2v) is 7.47. The Morgan fingerprint density at radius 2 is 1.64 bits per heavy atom. The van der Waals surface area contributed by atoms with Crippen LogP contribution in [0.3, 0.4) is 0 Å². The van der Waals surface area contributed by atoms with Crippen molar-refractivity contribution < 1.29 is 14.2 Å². The van der Waals surface area contributed by atoms with Crippen LogP contribution in [0, 0.1) is 0 Å². The molecule has 116 valence electrons. The van der Waals surface area contributed by atoms with Crippen LogP contribution in [0.25, 0.3) is 0 Å². The normalized spacial score (nSPS) is 17.1. The molecule has 1 fully saturated rings. The number of rotatable bonds is 4. The van der Waals surface area contributed by atoms with Gasteiger partial charge in [-0.3, -0.25) is 0 Å². The molecule has 22 heavy (non-hydrogen) atoms. The summed E-state index contributed by atoms with van der Waals surface area (Å²) in [4.78, 5) is 0. The summed E-state index contributed by atoms with van der Waals surface area (Å²) in [5, 5.41) is 13.0. The molecule has 0 aliphatic carbocycles. The largest absolute Gasteiger partial charge is 0.508 e. The Morgan fingerprint density at radius 1 is 1.00 bits per heavy atom. The molecule has 1 aliphatic rings. The molecule has 0 aromatic heterocycles. The number of benzene rings is 2. The Labute approximate surface area is 139 Å². The number of anilines is 1. The second-order valence-electron chi connectivity index (χ2n) is 4.95. The van der Waals surface area contributed by atoms with E-state index in [0.717, 1.165) is 35.4 Å². The fraction of sp³-hybridized carbons (Fsp3) is 0.250. The van der Waals surface area contributed by atoms with Gasteiger partial charge in [0.05, 0.1) is 13.2 Å². The molecule has 0 amide bonds. The lowest BCUT2D eigenvalue weighted by atomic mass is 10.2. The van der Waals surface area contributed by atoms with E-state index in [1.807, 2.05) is 36.4 Å². The van der Waals surface area contributed by atoms with Crippen LogP contribution in [-0.2, 0) is 9.05 Å². The van der Waals surface area contributed by atoms with Crippen molar-refractivity contribution in [2.24, 2.45) is 0 Å². The van der Waals surface area contributed by atoms with E-state index in [2.05, 4.69) is 21.2 Å². The van der Waals surface area contributed by atoms with Crippen LogP contribution in [0.5, 0.6) is 5.75 Å². The van der Waals surface area contributed by atoms with Gasteiger partial charge in [-0.15, -0.1) is 0 Å². The van der Waals surface area contributed by atoms with Gasteiger partial charge in [0.1, 0.15) is 11.5 Å². The summed E-state index contributed by atoms with van der Waals surface area (Å²) in [6.07, 6.45) is 0.930. The maximum atomic E-state index is 9.49. The monoisotopic (exact) mass is 381 g/mol. The predicted octanol–water partition coefficient (Wildman–Crippen LogP) is 5.01. The summed E-state index contributed by atoms with van der Waals surface area (Å²) in [6, 6.07) is 15.2. The van der Waals surface area contributed by atoms with Crippen LogP contribution < -0.4 is 5.32 Å². The van der Waals surface area contributed by atoms with Gasteiger partial charge in [0.15, 0.2) is 8.38 Å². The zero-order valence-electron chi connectivity index (χ0n) is 11.9. The van der Waals surface area contributed by atoms with E-state index < -0.39 is 8.38 Å². The molecule has 1 aliphatic heterocycles. The lowest BCUT2D eigenvalue weighted by Gasteiger charge is -2.31. The van der Waals surface area contributed by atoms with Gasteiger partial charge >= 0.3 is 0 Å². The molecule has 2 aromatic rings. The third-order valence-electron chi connectivity index (χ3n) is 3.29. The first-order chi connectivity index (χ1) is 10.7. The first kappa shape index (κ1) is 15.8. The van der Waals surface area contributed by atoms with E-state index in [9.17, 15) is 5.11 Å². The van der Waals surface area contributed by atoms with Crippen LogP contribution in [0.2, 0.25) is 0 Å². The Kier molecular flexibility index (Phi) is 5.32. The molecular formula is C16H17BrNO3P. The molecule has 1 atom stereocenters. The van der Waals surface area contributed by atoms with E-state index in [4.69, 9.17) is 9.05 Å². The molecule has 4 nitrogen and oxygen atoms in total. The smallest absolute Gasteiger partial charge is 0.199 e. The summed E-state index contributed by atoms with van der Waals surface area (Å²) in [5.74, 6) is 0.182. The van der Waals surface area contributed by atoms with Crippen LogP contribution >= 0.6 is 24.3 Å². The number of phenols is 1. The quantitative estimate of drug-likeness (QED) is 0.730. The second kappa shape index (κ2) is 7.42. The van der Waals surface area contributed by atoms with E-state index in [1.165, 1.54) is 0 Å². The maximum absolute atomic E-state index is 9.49. The van der Waals surface area contributed by atoms with Gasteiger partial charge in [0.25, 0.3) is 0 Å². The van der Waals surface area contributed by atoms with Gasteiger partial charge in [-0.1, -0.05) is 28.1 Å². The SMILES string of the molecule is Oc1ccc(C(Nc2ccc(Br)cc2)P2OCCCO2)cc1. The number of aromatic hydroxyl groups is 1. The minimum absolute atomic E-state index is 0.0722. The minimum atomic E-state index is -1.06. The van der Waals surface area contributed by atoms with Crippen molar-refractivity contribution in [3.05, 3.63) is 58.6 Å². The van der Waals surface area contributed by atoms with Gasteiger partial charge in [0.2, 0.25) is 0 Å². The summed E-state index contributed by atoms with van der Waals surface area (Å²) in [6.45, 7) is 1.45. The number of hydrogen-bond donors (Lipinski definition) is 2. The van der Waals surface area contributed by atoms with Crippen LogP contribution in [0.15, 0.2) is 53.0 Å². The maximum Gasteiger partial charge on any atom is 0.199 e. The van der Waals surface area contributed by atoms with Crippen molar-refractivity contribution in [2.45, 2.75) is 12.2 Å². The molecule has 0 spiro atoms. The highest BCUT2D eigenvalue weighted by Crippen LogP contribution is 2.54. The van der Waals surface area contributed by atoms with Crippen molar-refractivity contribution in [1.29, 1.82) is 0 Å². The summed E-state index contributed by atoms with van der Waals surface area (Å²) < 4.78 is 12.7. The van der Waals surface area contributed by atoms with Crippen molar-refractivity contribution in [1.82, 2.24) is 0 Å². The molecule has 3 rings (SSSR count). The lowest BCUT2D eigenvalue weighted by Crippen LogP contribution is -2.16. The lowest BCUT2D eigenvalue weighted by molar-refractivity contribution is 0.178. The Hall–Kier alpha value is -1.13. The highest BCUT2D eigenvalue weighted by Gasteiger charge is 2.28. The first-order valence-electron chi connectivity index (χ1n) is 7.08. The van der Waals surface area contributed by atoms with Gasteiger partial charge < -0.3 is 19.5 Å². The average molecular weight is 382 g/mol. The summed E-state index contributed by atoms with van der Waals surface area (Å²) in [5.41, 5.74) is 2.04. The van der Waals surface area contributed by atoms with Gasteiger partial charge in [-0.05, 0) is 48.4 Å². The predicted molar refractivity (Wildman–Crippen MR) is 92.1 cm³/mol. The number of phenolic OH excluding ortho intramolecular Hbond substituents is 1. The van der Waals surface area contributed by atoms with E-state index in [0.29, 0.717) is 0 Å². The number of hydrogen-bond acceptors (Lipinski definition) is 4. The average Bonchev–Trinajstić information content (AvgIpc) is 2.56. The van der Waals surface area contributed by atoms with E-state index >= 15 is 0 Å². The van der Waals surface area contributed by atoms with Crippen molar-refractivity contribution in [3.8, 4) is 5.75 Å². The fourth-order valence-corrected chi connectivity index (χ4v) is 4.10. The highest BCUT2D eigenvalue weighted by atomic mass is 79.9. The Balaban J connectivity index is 1.84. The molecule has 1 saturated heterocycles. The van der Waals surface area contributed by atoms with E-state index in [1.54, 1.807) is 12.1 Å². The molecule has 2 aromatic carbocycles. The summed E-state index contributed by atoms with van der Waals surface area (Å²) >= 11 is 3.44. The van der Waals surface area contributed by atoms with Crippen LogP contribution in [0.1, 0.15) is 17.8 Å². The number of nitrogens with one attached hydrogen (secondary N) is 1. The number of halogens is 1. The topological polar surface area (TPSA) is 50.7 Å². The molecule has 1 unspecified atom stereocenters. The summed E-state index contributed by atoms with van der Waals surface area (Å²) in [7, 11) is -1.06. The molecule has 1 heterocycles. The third kappa shape index (κ3) is 3.99. The van der Waals surface area contributed by atoms with Crippen molar-refractivity contribution in [2.75, 3.05) is 18.5 Å². The molecular weight excluding hydrogens is 365 g/mol. The van der Waals surface area contributed by atoms with Crippen molar-refractivity contribution in [3.63, 3.8) is 0 Å². The van der Waals surface area contributed by atoms with Crippen molar-refractivity contribution >= 4 is 30.0 Å². The van der Waals surface area contributed by atoms with Crippen LogP contribution in [-0.4, -0.2) is 18.3 Å². The van der Waals surface area contributed by atoms with Gasteiger partial charge in [-0.2, -0.15) is 0 Å². The van der Waals surface area contributed by atoms with Crippen LogP contribution in [0.4, 0.5) is 5.69 Å². The Morgan fingerprint density at radius 3 is 2.27 bits per heavy atom. The highest BCUT2D eigenvalue weighted by molar-refractivity contribution is 9.10. The standard InChI is InChI=1S/C16H17BrNO3P/c17-13-4-6-14(7-5-13)18-16(22-20-10-1-11-21-22)12-2-8-15(19)9-3-12/h2-9,16,18-19H,1,10-11H2. The van der Waals surface area contributed by atoms with E-state index in [-0.39, 0.29) is 11.5 Å². The molecule has 0 saturated carbocycles. The Bertz CT molecular complexity index is 600. The minimum Gasteiger partial charge on any atom is -0.508 e.